The standard InChI is InChI=1S/C18H37N3O3/c1-2-3-4-5-6-7-8-9-10-11-14-21-17(22)15(19)12-13-16(20)18(23)24/h15-16H,2-14,19-20H2,1H3,(H,21,22)(H,23,24)/t15?,16-/m0/s1. The smallest absolute Gasteiger partial charge is 0.320 e. The van der Waals surface area contributed by atoms with Crippen LogP contribution < -0.4 is 16.8 Å². The van der Waals surface area contributed by atoms with Crippen LogP contribution in [-0.2, 0) is 9.59 Å². The number of carboxylic acids is 1. The molecule has 0 aliphatic heterocycles. The van der Waals surface area contributed by atoms with Crippen LogP contribution in [-0.4, -0.2) is 35.6 Å². The monoisotopic (exact) mass is 343 g/mol. The first-order valence-corrected chi connectivity index (χ1v) is 9.50. The van der Waals surface area contributed by atoms with Gasteiger partial charge in [0.1, 0.15) is 6.04 Å². The Morgan fingerprint density at radius 3 is 1.79 bits per heavy atom. The van der Waals surface area contributed by atoms with E-state index < -0.39 is 18.1 Å². The predicted octanol–water partition coefficient (Wildman–Crippen LogP) is 2.54. The number of carbonyl (C=O) groups is 2. The minimum atomic E-state index is -1.06. The van der Waals surface area contributed by atoms with E-state index in [-0.39, 0.29) is 18.7 Å². The molecule has 0 radical (unpaired) electrons. The van der Waals surface area contributed by atoms with Gasteiger partial charge < -0.3 is 21.9 Å². The second-order valence-corrected chi connectivity index (χ2v) is 6.60. The molecule has 1 unspecified atom stereocenters. The van der Waals surface area contributed by atoms with Crippen molar-refractivity contribution < 1.29 is 14.7 Å². The molecule has 24 heavy (non-hydrogen) atoms. The Kier molecular flexibility index (Phi) is 14.7. The zero-order valence-electron chi connectivity index (χ0n) is 15.3. The fourth-order valence-electron chi connectivity index (χ4n) is 2.57. The molecule has 0 aromatic heterocycles. The van der Waals surface area contributed by atoms with Gasteiger partial charge in [-0.25, -0.2) is 0 Å². The highest BCUT2D eigenvalue weighted by Crippen LogP contribution is 2.10. The summed E-state index contributed by atoms with van der Waals surface area (Å²) in [6.45, 7) is 2.87. The minimum absolute atomic E-state index is 0.210. The maximum Gasteiger partial charge on any atom is 0.320 e. The molecule has 6 nitrogen and oxygen atoms in total. The summed E-state index contributed by atoms with van der Waals surface area (Å²) in [5.74, 6) is -1.28. The van der Waals surface area contributed by atoms with Crippen LogP contribution in [0.3, 0.4) is 0 Å². The van der Waals surface area contributed by atoms with Crippen molar-refractivity contribution in [1.29, 1.82) is 0 Å². The second kappa shape index (κ2) is 15.4. The van der Waals surface area contributed by atoms with Gasteiger partial charge in [-0.05, 0) is 19.3 Å². The molecule has 0 aromatic carbocycles. The Hall–Kier alpha value is -1.14. The summed E-state index contributed by atoms with van der Waals surface area (Å²) in [5.41, 5.74) is 11.1. The van der Waals surface area contributed by atoms with Crippen LogP contribution in [0.1, 0.15) is 84.0 Å². The number of nitrogens with two attached hydrogens (primary N) is 2. The van der Waals surface area contributed by atoms with E-state index in [1.807, 2.05) is 0 Å². The minimum Gasteiger partial charge on any atom is -0.480 e. The van der Waals surface area contributed by atoms with Gasteiger partial charge in [-0.1, -0.05) is 64.7 Å². The summed E-state index contributed by atoms with van der Waals surface area (Å²) in [5, 5.41) is 11.5. The van der Waals surface area contributed by atoms with Gasteiger partial charge in [0.2, 0.25) is 5.91 Å². The molecular formula is C18H37N3O3. The van der Waals surface area contributed by atoms with Crippen molar-refractivity contribution in [3.05, 3.63) is 0 Å². The van der Waals surface area contributed by atoms with E-state index in [9.17, 15) is 9.59 Å². The van der Waals surface area contributed by atoms with Crippen molar-refractivity contribution in [2.75, 3.05) is 6.54 Å². The van der Waals surface area contributed by atoms with Crippen LogP contribution in [0, 0.1) is 0 Å². The number of unbranched alkanes of at least 4 members (excludes halogenated alkanes) is 9. The molecule has 0 aromatic rings. The molecule has 0 fully saturated rings. The van der Waals surface area contributed by atoms with Crippen LogP contribution in [0.2, 0.25) is 0 Å². The highest BCUT2D eigenvalue weighted by atomic mass is 16.4. The largest absolute Gasteiger partial charge is 0.480 e. The van der Waals surface area contributed by atoms with Crippen LogP contribution >= 0.6 is 0 Å². The summed E-state index contributed by atoms with van der Waals surface area (Å²) in [6.07, 6.45) is 13.1. The first-order valence-electron chi connectivity index (χ1n) is 9.50. The van der Waals surface area contributed by atoms with E-state index in [1.54, 1.807) is 0 Å². The summed E-state index contributed by atoms with van der Waals surface area (Å²) in [4.78, 5) is 22.4. The molecule has 2 atom stereocenters. The molecule has 0 aliphatic carbocycles. The van der Waals surface area contributed by atoms with Gasteiger partial charge in [-0.15, -0.1) is 0 Å². The first kappa shape index (κ1) is 22.9. The average molecular weight is 344 g/mol. The third-order valence-corrected chi connectivity index (χ3v) is 4.27. The number of nitrogens with one attached hydrogen (secondary N) is 1. The van der Waals surface area contributed by atoms with E-state index in [4.69, 9.17) is 16.6 Å². The molecule has 0 saturated carbocycles. The topological polar surface area (TPSA) is 118 Å². The van der Waals surface area contributed by atoms with Crippen LogP contribution in [0.4, 0.5) is 0 Å². The maximum absolute atomic E-state index is 11.8. The van der Waals surface area contributed by atoms with Gasteiger partial charge in [0.15, 0.2) is 0 Å². The highest BCUT2D eigenvalue weighted by molar-refractivity contribution is 5.81. The van der Waals surface area contributed by atoms with Gasteiger partial charge in [-0.3, -0.25) is 9.59 Å². The van der Waals surface area contributed by atoms with E-state index in [2.05, 4.69) is 12.2 Å². The Morgan fingerprint density at radius 2 is 1.29 bits per heavy atom. The normalized spacial score (nSPS) is 13.5. The molecule has 6 N–H and O–H groups in total. The Labute approximate surface area is 146 Å². The summed E-state index contributed by atoms with van der Waals surface area (Å²) >= 11 is 0. The average Bonchev–Trinajstić information content (AvgIpc) is 2.56. The highest BCUT2D eigenvalue weighted by Gasteiger charge is 2.17. The third kappa shape index (κ3) is 13.3. The molecule has 0 rings (SSSR count). The second-order valence-electron chi connectivity index (χ2n) is 6.60. The lowest BCUT2D eigenvalue weighted by Gasteiger charge is -2.13. The predicted molar refractivity (Wildman–Crippen MR) is 97.7 cm³/mol. The first-order chi connectivity index (χ1) is 11.5. The molecule has 6 heteroatoms. The van der Waals surface area contributed by atoms with Crippen molar-refractivity contribution >= 4 is 11.9 Å². The number of aliphatic carboxylic acids is 1. The number of carboxylic acid groups (broad SMARTS) is 1. The fourth-order valence-corrected chi connectivity index (χ4v) is 2.57. The van der Waals surface area contributed by atoms with Crippen molar-refractivity contribution in [2.45, 2.75) is 96.1 Å². The Bertz CT molecular complexity index is 337. The summed E-state index contributed by atoms with van der Waals surface area (Å²) < 4.78 is 0. The van der Waals surface area contributed by atoms with Gasteiger partial charge >= 0.3 is 5.97 Å². The van der Waals surface area contributed by atoms with Gasteiger partial charge in [0.05, 0.1) is 6.04 Å². The third-order valence-electron chi connectivity index (χ3n) is 4.27. The van der Waals surface area contributed by atoms with E-state index in [1.165, 1.54) is 51.4 Å². The zero-order chi connectivity index (χ0) is 18.2. The van der Waals surface area contributed by atoms with Crippen LogP contribution in [0.15, 0.2) is 0 Å². The van der Waals surface area contributed by atoms with Crippen LogP contribution in [0.25, 0.3) is 0 Å². The Morgan fingerprint density at radius 1 is 0.833 bits per heavy atom. The molecule has 0 heterocycles. The molecule has 0 spiro atoms. The van der Waals surface area contributed by atoms with Crippen molar-refractivity contribution in [2.24, 2.45) is 11.5 Å². The van der Waals surface area contributed by atoms with Gasteiger partial charge in [-0.2, -0.15) is 0 Å². The maximum atomic E-state index is 11.8. The van der Waals surface area contributed by atoms with Crippen molar-refractivity contribution in [3.63, 3.8) is 0 Å². The fraction of sp³-hybridized carbons (Fsp3) is 0.889. The number of amides is 1. The van der Waals surface area contributed by atoms with Crippen molar-refractivity contribution in [1.82, 2.24) is 5.32 Å². The number of hydrogen-bond acceptors (Lipinski definition) is 4. The SMILES string of the molecule is CCCCCCCCCCCCNC(=O)C(N)CC[C@H](N)C(=O)O. The number of carbonyl (C=O) groups excluding carboxylic acids is 1. The lowest BCUT2D eigenvalue weighted by molar-refractivity contribution is -0.139. The zero-order valence-corrected chi connectivity index (χ0v) is 15.3. The van der Waals surface area contributed by atoms with E-state index in [0.29, 0.717) is 6.54 Å². The van der Waals surface area contributed by atoms with E-state index >= 15 is 0 Å². The number of rotatable bonds is 16. The Balaban J connectivity index is 3.43. The molecule has 142 valence electrons. The van der Waals surface area contributed by atoms with Crippen LogP contribution in [0.5, 0.6) is 0 Å². The van der Waals surface area contributed by atoms with Crippen molar-refractivity contribution in [3.8, 4) is 0 Å². The molecule has 0 aliphatic rings. The number of hydrogen-bond donors (Lipinski definition) is 4. The van der Waals surface area contributed by atoms with Gasteiger partial charge in [0, 0.05) is 6.54 Å². The summed E-state index contributed by atoms with van der Waals surface area (Å²) in [7, 11) is 0. The summed E-state index contributed by atoms with van der Waals surface area (Å²) in [6, 6.07) is -1.63. The lowest BCUT2D eigenvalue weighted by atomic mass is 10.1. The van der Waals surface area contributed by atoms with Gasteiger partial charge in [0.25, 0.3) is 0 Å². The van der Waals surface area contributed by atoms with E-state index in [0.717, 1.165) is 12.8 Å². The lowest BCUT2D eigenvalue weighted by Crippen LogP contribution is -2.42. The molecule has 0 bridgehead atoms. The molecule has 0 saturated heterocycles. The molecule has 1 amide bonds. The quantitative estimate of drug-likeness (QED) is 0.321. The molecular weight excluding hydrogens is 306 g/mol.